The van der Waals surface area contributed by atoms with E-state index in [-0.39, 0.29) is 19.1 Å². The third kappa shape index (κ3) is 3.08. The Balaban J connectivity index is 1.59. The van der Waals surface area contributed by atoms with Crippen molar-refractivity contribution < 1.29 is 19.4 Å². The van der Waals surface area contributed by atoms with Gasteiger partial charge in [-0.2, -0.15) is 0 Å². The topological polar surface area (TPSA) is 67.8 Å². The second-order valence-corrected chi connectivity index (χ2v) is 6.28. The van der Waals surface area contributed by atoms with E-state index in [0.29, 0.717) is 11.5 Å². The number of ether oxygens (including phenoxy) is 2. The van der Waals surface area contributed by atoms with Crippen molar-refractivity contribution in [1.82, 2.24) is 5.32 Å². The predicted molar refractivity (Wildman–Crippen MR) is 83.3 cm³/mol. The molecule has 0 radical (unpaired) electrons. The van der Waals surface area contributed by atoms with Crippen molar-refractivity contribution in [3.8, 4) is 11.5 Å². The van der Waals surface area contributed by atoms with Crippen LogP contribution in [0.4, 0.5) is 0 Å². The molecule has 5 nitrogen and oxygen atoms in total. The van der Waals surface area contributed by atoms with Crippen LogP contribution in [0.2, 0.25) is 0 Å². The Morgan fingerprint density at radius 2 is 2.14 bits per heavy atom. The fraction of sp³-hybridized carbons (Fsp3) is 0.312. The lowest BCUT2D eigenvalue weighted by atomic mass is 10.1. The number of thiophene rings is 1. The molecule has 0 unspecified atom stereocenters. The summed E-state index contributed by atoms with van der Waals surface area (Å²) < 4.78 is 11.1. The molecule has 2 N–H and O–H groups in total. The Morgan fingerprint density at radius 3 is 2.86 bits per heavy atom. The van der Waals surface area contributed by atoms with E-state index in [9.17, 15) is 9.90 Å². The lowest BCUT2D eigenvalue weighted by Gasteiger charge is -2.27. The maximum atomic E-state index is 12.2. The number of hydrogen-bond donors (Lipinski definition) is 2. The van der Waals surface area contributed by atoms with Gasteiger partial charge in [0.15, 0.2) is 11.5 Å². The Labute approximate surface area is 132 Å². The molecule has 1 amide bonds. The molecule has 3 rings (SSSR count). The first-order valence-electron chi connectivity index (χ1n) is 6.99. The third-order valence-corrected chi connectivity index (χ3v) is 4.58. The van der Waals surface area contributed by atoms with Crippen LogP contribution in [-0.4, -0.2) is 30.3 Å². The molecule has 6 heteroatoms. The standard InChI is InChI=1S/C16H17NO4S/c1-16(19,14-7-4-8-22-14)10-17-15(18)13-9-20-11-5-2-3-6-12(11)21-13/h2-8,13,19H,9-10H2,1H3,(H,17,18)/t13-,16+/m1/s1. The average molecular weight is 319 g/mol. The Morgan fingerprint density at radius 1 is 1.36 bits per heavy atom. The molecule has 0 saturated heterocycles. The number of nitrogens with one attached hydrogen (secondary N) is 1. The van der Waals surface area contributed by atoms with E-state index in [1.165, 1.54) is 11.3 Å². The third-order valence-electron chi connectivity index (χ3n) is 3.46. The second-order valence-electron chi connectivity index (χ2n) is 5.33. The molecule has 0 bridgehead atoms. The first-order valence-corrected chi connectivity index (χ1v) is 7.87. The fourth-order valence-electron chi connectivity index (χ4n) is 2.19. The van der Waals surface area contributed by atoms with Crippen molar-refractivity contribution >= 4 is 17.2 Å². The van der Waals surface area contributed by atoms with Gasteiger partial charge in [-0.25, -0.2) is 0 Å². The van der Waals surface area contributed by atoms with E-state index in [0.717, 1.165) is 4.88 Å². The highest BCUT2D eigenvalue weighted by molar-refractivity contribution is 7.10. The Hall–Kier alpha value is -2.05. The second kappa shape index (κ2) is 5.98. The van der Waals surface area contributed by atoms with E-state index < -0.39 is 11.7 Å². The van der Waals surface area contributed by atoms with E-state index >= 15 is 0 Å². The van der Waals surface area contributed by atoms with Gasteiger partial charge in [-0.3, -0.25) is 4.79 Å². The average Bonchev–Trinajstić information content (AvgIpc) is 3.07. The van der Waals surface area contributed by atoms with E-state index in [1.807, 2.05) is 29.6 Å². The van der Waals surface area contributed by atoms with Gasteiger partial charge in [0.2, 0.25) is 6.10 Å². The van der Waals surface area contributed by atoms with Gasteiger partial charge in [0, 0.05) is 4.88 Å². The zero-order chi connectivity index (χ0) is 15.6. The summed E-state index contributed by atoms with van der Waals surface area (Å²) in [4.78, 5) is 13.0. The number of aliphatic hydroxyl groups is 1. The number of benzene rings is 1. The van der Waals surface area contributed by atoms with Crippen LogP contribution in [0.15, 0.2) is 41.8 Å². The molecule has 1 aliphatic rings. The molecule has 0 saturated carbocycles. The molecule has 22 heavy (non-hydrogen) atoms. The van der Waals surface area contributed by atoms with Crippen molar-refractivity contribution in [2.24, 2.45) is 0 Å². The number of carbonyl (C=O) groups excluding carboxylic acids is 1. The van der Waals surface area contributed by atoms with Gasteiger partial charge < -0.3 is 19.9 Å². The van der Waals surface area contributed by atoms with Crippen molar-refractivity contribution in [2.45, 2.75) is 18.6 Å². The summed E-state index contributed by atoms with van der Waals surface area (Å²) in [5.74, 6) is 0.891. The summed E-state index contributed by atoms with van der Waals surface area (Å²) in [6.45, 7) is 1.95. The van der Waals surface area contributed by atoms with Crippen molar-refractivity contribution in [3.05, 3.63) is 46.7 Å². The highest BCUT2D eigenvalue weighted by atomic mass is 32.1. The van der Waals surface area contributed by atoms with Gasteiger partial charge in [0.25, 0.3) is 5.91 Å². The van der Waals surface area contributed by atoms with Gasteiger partial charge in [-0.05, 0) is 30.5 Å². The first kappa shape index (κ1) is 14.9. The quantitative estimate of drug-likeness (QED) is 0.903. The number of hydrogen-bond acceptors (Lipinski definition) is 5. The van der Waals surface area contributed by atoms with E-state index in [2.05, 4.69) is 5.32 Å². The smallest absolute Gasteiger partial charge is 0.264 e. The molecule has 1 aliphatic heterocycles. The zero-order valence-corrected chi connectivity index (χ0v) is 12.9. The maximum absolute atomic E-state index is 12.2. The van der Waals surface area contributed by atoms with Crippen LogP contribution in [0, 0.1) is 0 Å². The maximum Gasteiger partial charge on any atom is 0.264 e. The summed E-state index contributed by atoms with van der Waals surface area (Å²) in [5.41, 5.74) is -1.10. The molecule has 2 atom stereocenters. The van der Waals surface area contributed by atoms with Gasteiger partial charge in [-0.1, -0.05) is 18.2 Å². The summed E-state index contributed by atoms with van der Waals surface area (Å²) >= 11 is 1.45. The van der Waals surface area contributed by atoms with Crippen LogP contribution in [-0.2, 0) is 10.4 Å². The van der Waals surface area contributed by atoms with Crippen molar-refractivity contribution in [1.29, 1.82) is 0 Å². The molecule has 0 spiro atoms. The lowest BCUT2D eigenvalue weighted by Crippen LogP contribution is -2.47. The SMILES string of the molecule is C[C@](O)(CNC(=O)[C@H]1COc2ccccc2O1)c1cccs1. The summed E-state index contributed by atoms with van der Waals surface area (Å²) in [5, 5.41) is 15.0. The summed E-state index contributed by atoms with van der Waals surface area (Å²) in [6.07, 6.45) is -0.714. The largest absolute Gasteiger partial charge is 0.485 e. The van der Waals surface area contributed by atoms with Crippen molar-refractivity contribution in [3.63, 3.8) is 0 Å². The Bertz CT molecular complexity index is 654. The first-order chi connectivity index (χ1) is 10.6. The van der Waals surface area contributed by atoms with Gasteiger partial charge in [-0.15, -0.1) is 11.3 Å². The minimum absolute atomic E-state index is 0.119. The van der Waals surface area contributed by atoms with Crippen LogP contribution in [0.25, 0.3) is 0 Å². The molecule has 1 aromatic heterocycles. The van der Waals surface area contributed by atoms with Crippen LogP contribution < -0.4 is 14.8 Å². The number of rotatable bonds is 4. The number of amides is 1. The lowest BCUT2D eigenvalue weighted by molar-refractivity contribution is -0.131. The van der Waals surface area contributed by atoms with Crippen molar-refractivity contribution in [2.75, 3.05) is 13.2 Å². The molecule has 2 heterocycles. The number of para-hydroxylation sites is 2. The highest BCUT2D eigenvalue weighted by Gasteiger charge is 2.30. The predicted octanol–water partition coefficient (Wildman–Crippen LogP) is 1.91. The molecule has 2 aromatic rings. The molecule has 0 fully saturated rings. The molecule has 1 aromatic carbocycles. The number of fused-ring (bicyclic) bond motifs is 1. The minimum atomic E-state index is -1.10. The molecular weight excluding hydrogens is 302 g/mol. The normalized spacial score (nSPS) is 19.3. The monoisotopic (exact) mass is 319 g/mol. The summed E-state index contributed by atoms with van der Waals surface area (Å²) in [7, 11) is 0. The summed E-state index contributed by atoms with van der Waals surface area (Å²) in [6, 6.07) is 10.9. The molecular formula is C16H17NO4S. The molecule has 116 valence electrons. The number of carbonyl (C=O) groups is 1. The molecule has 0 aliphatic carbocycles. The van der Waals surface area contributed by atoms with Gasteiger partial charge in [0.05, 0.1) is 6.54 Å². The fourth-order valence-corrected chi connectivity index (χ4v) is 2.98. The van der Waals surface area contributed by atoms with E-state index in [1.54, 1.807) is 19.1 Å². The zero-order valence-electron chi connectivity index (χ0n) is 12.1. The van der Waals surface area contributed by atoms with E-state index in [4.69, 9.17) is 9.47 Å². The highest BCUT2D eigenvalue weighted by Crippen LogP contribution is 2.31. The van der Waals surface area contributed by atoms with Crippen LogP contribution >= 0.6 is 11.3 Å². The van der Waals surface area contributed by atoms with Crippen LogP contribution in [0.1, 0.15) is 11.8 Å². The van der Waals surface area contributed by atoms with Gasteiger partial charge in [0.1, 0.15) is 12.2 Å². The van der Waals surface area contributed by atoms with Crippen LogP contribution in [0.3, 0.4) is 0 Å². The minimum Gasteiger partial charge on any atom is -0.485 e. The van der Waals surface area contributed by atoms with Gasteiger partial charge >= 0.3 is 0 Å². The Kier molecular flexibility index (Phi) is 4.04. The van der Waals surface area contributed by atoms with Crippen LogP contribution in [0.5, 0.6) is 11.5 Å².